The van der Waals surface area contributed by atoms with Gasteiger partial charge in [0.15, 0.2) is 0 Å². The van der Waals surface area contributed by atoms with Crippen molar-refractivity contribution in [2.75, 3.05) is 33.9 Å². The van der Waals surface area contributed by atoms with Gasteiger partial charge < -0.3 is 18.8 Å². The Hall–Kier alpha value is -2.53. The number of hydrogen-bond donors (Lipinski definition) is 0. The van der Waals surface area contributed by atoms with E-state index in [0.717, 1.165) is 39.6 Å². The Morgan fingerprint density at radius 2 is 2.00 bits per heavy atom. The minimum Gasteiger partial charge on any atom is -0.492 e. The van der Waals surface area contributed by atoms with Gasteiger partial charge in [-0.2, -0.15) is 0 Å². The average molecular weight is 341 g/mol. The Kier molecular flexibility index (Phi) is 5.24. The number of hydrogen-bond acceptors (Lipinski definition) is 5. The lowest BCUT2D eigenvalue weighted by Gasteiger charge is -2.11. The van der Waals surface area contributed by atoms with E-state index in [4.69, 9.17) is 13.9 Å². The first kappa shape index (κ1) is 17.3. The largest absolute Gasteiger partial charge is 0.492 e. The van der Waals surface area contributed by atoms with Crippen LogP contribution in [0.15, 0.2) is 41.0 Å². The zero-order chi connectivity index (χ0) is 17.8. The molecule has 0 saturated carbocycles. The number of esters is 1. The van der Waals surface area contributed by atoms with Crippen LogP contribution in [0.1, 0.15) is 12.5 Å². The highest BCUT2D eigenvalue weighted by Crippen LogP contribution is 2.29. The van der Waals surface area contributed by atoms with E-state index in [0.29, 0.717) is 13.2 Å². The molecule has 25 heavy (non-hydrogen) atoms. The minimum absolute atomic E-state index is 0.214. The molecule has 0 bridgehead atoms. The summed E-state index contributed by atoms with van der Waals surface area (Å²) >= 11 is 0. The van der Waals surface area contributed by atoms with E-state index < -0.39 is 0 Å². The second-order valence-corrected chi connectivity index (χ2v) is 6.25. The van der Waals surface area contributed by atoms with Crippen LogP contribution < -0.4 is 4.74 Å². The molecule has 0 aliphatic rings. The highest BCUT2D eigenvalue weighted by molar-refractivity contribution is 5.98. The molecule has 0 saturated heterocycles. The van der Waals surface area contributed by atoms with Gasteiger partial charge in [-0.25, -0.2) is 0 Å². The molecule has 2 aromatic carbocycles. The highest BCUT2D eigenvalue weighted by atomic mass is 16.5. The molecule has 0 radical (unpaired) electrons. The van der Waals surface area contributed by atoms with Crippen molar-refractivity contribution in [1.29, 1.82) is 0 Å². The van der Waals surface area contributed by atoms with Crippen molar-refractivity contribution in [1.82, 2.24) is 4.90 Å². The summed E-state index contributed by atoms with van der Waals surface area (Å²) in [4.78, 5) is 13.8. The SMILES string of the molecule is CCOC(=O)Cc1coc2cc3ccc(OCCN(C)C)cc3cc12. The summed E-state index contributed by atoms with van der Waals surface area (Å²) < 4.78 is 16.4. The van der Waals surface area contributed by atoms with Gasteiger partial charge in [-0.05, 0) is 56.1 Å². The molecule has 5 heteroatoms. The summed E-state index contributed by atoms with van der Waals surface area (Å²) in [6.45, 7) is 3.69. The maximum absolute atomic E-state index is 11.8. The van der Waals surface area contributed by atoms with Crippen molar-refractivity contribution in [2.45, 2.75) is 13.3 Å². The normalized spacial score (nSPS) is 11.4. The molecule has 0 unspecified atom stereocenters. The molecular weight excluding hydrogens is 318 g/mol. The Morgan fingerprint density at radius 1 is 1.16 bits per heavy atom. The molecule has 0 N–H and O–H groups in total. The van der Waals surface area contributed by atoms with Crippen molar-refractivity contribution in [2.24, 2.45) is 0 Å². The van der Waals surface area contributed by atoms with Crippen molar-refractivity contribution < 1.29 is 18.7 Å². The first-order chi connectivity index (χ1) is 12.1. The molecule has 3 aromatic rings. The lowest BCUT2D eigenvalue weighted by atomic mass is 10.0. The van der Waals surface area contributed by atoms with Crippen LogP contribution in [0.25, 0.3) is 21.7 Å². The summed E-state index contributed by atoms with van der Waals surface area (Å²) in [6.07, 6.45) is 1.85. The average Bonchev–Trinajstić information content (AvgIpc) is 2.94. The van der Waals surface area contributed by atoms with Crippen molar-refractivity contribution in [3.63, 3.8) is 0 Å². The van der Waals surface area contributed by atoms with Crippen LogP contribution in [0.3, 0.4) is 0 Å². The molecule has 0 spiro atoms. The van der Waals surface area contributed by atoms with E-state index in [1.54, 1.807) is 13.2 Å². The van der Waals surface area contributed by atoms with Gasteiger partial charge in [0.1, 0.15) is 17.9 Å². The fourth-order valence-corrected chi connectivity index (χ4v) is 2.74. The van der Waals surface area contributed by atoms with Crippen molar-refractivity contribution >= 4 is 27.7 Å². The summed E-state index contributed by atoms with van der Waals surface area (Å²) in [5, 5.41) is 3.07. The molecule has 3 rings (SSSR count). The van der Waals surface area contributed by atoms with Crippen LogP contribution in [0.5, 0.6) is 5.75 Å². The van der Waals surface area contributed by atoms with Gasteiger partial charge in [-0.3, -0.25) is 4.79 Å². The van der Waals surface area contributed by atoms with E-state index in [1.165, 1.54) is 0 Å². The number of fused-ring (bicyclic) bond motifs is 2. The number of likely N-dealkylation sites (N-methyl/N-ethyl adjacent to an activating group) is 1. The molecule has 0 aliphatic carbocycles. The Morgan fingerprint density at radius 3 is 2.76 bits per heavy atom. The number of ether oxygens (including phenoxy) is 2. The van der Waals surface area contributed by atoms with Gasteiger partial charge in [0.2, 0.25) is 0 Å². The van der Waals surface area contributed by atoms with E-state index in [1.807, 2.05) is 44.4 Å². The zero-order valence-corrected chi connectivity index (χ0v) is 14.9. The third kappa shape index (κ3) is 4.12. The monoisotopic (exact) mass is 341 g/mol. The summed E-state index contributed by atoms with van der Waals surface area (Å²) in [6, 6.07) is 10.0. The molecule has 1 aromatic heterocycles. The predicted octanol–water partition coefficient (Wildman–Crippen LogP) is 3.63. The first-order valence-corrected chi connectivity index (χ1v) is 8.44. The van der Waals surface area contributed by atoms with Crippen LogP contribution in [0, 0.1) is 0 Å². The summed E-state index contributed by atoms with van der Waals surface area (Å²) in [5.74, 6) is 0.593. The maximum Gasteiger partial charge on any atom is 0.310 e. The number of carbonyl (C=O) groups excluding carboxylic acids is 1. The summed E-state index contributed by atoms with van der Waals surface area (Å²) in [5.41, 5.74) is 1.61. The van der Waals surface area contributed by atoms with Crippen LogP contribution >= 0.6 is 0 Å². The topological polar surface area (TPSA) is 51.9 Å². The smallest absolute Gasteiger partial charge is 0.310 e. The Bertz CT molecular complexity index is 882. The Labute approximate surface area is 147 Å². The van der Waals surface area contributed by atoms with Gasteiger partial charge in [-0.1, -0.05) is 6.07 Å². The van der Waals surface area contributed by atoms with E-state index in [9.17, 15) is 4.79 Å². The fourth-order valence-electron chi connectivity index (χ4n) is 2.74. The second-order valence-electron chi connectivity index (χ2n) is 6.25. The highest BCUT2D eigenvalue weighted by Gasteiger charge is 2.12. The minimum atomic E-state index is -0.244. The second kappa shape index (κ2) is 7.57. The molecule has 5 nitrogen and oxygen atoms in total. The fraction of sp³-hybridized carbons (Fsp3) is 0.350. The predicted molar refractivity (Wildman–Crippen MR) is 98.1 cm³/mol. The zero-order valence-electron chi connectivity index (χ0n) is 14.9. The lowest BCUT2D eigenvalue weighted by molar-refractivity contribution is -0.142. The summed E-state index contributed by atoms with van der Waals surface area (Å²) in [7, 11) is 4.04. The van der Waals surface area contributed by atoms with Crippen LogP contribution in [-0.4, -0.2) is 44.7 Å². The van der Waals surface area contributed by atoms with Gasteiger partial charge in [0, 0.05) is 17.5 Å². The molecule has 0 fully saturated rings. The van der Waals surface area contributed by atoms with Gasteiger partial charge in [0.05, 0.1) is 19.3 Å². The van der Waals surface area contributed by atoms with Gasteiger partial charge in [0.25, 0.3) is 0 Å². The van der Waals surface area contributed by atoms with Crippen LogP contribution in [-0.2, 0) is 16.0 Å². The molecule has 0 atom stereocenters. The quantitative estimate of drug-likeness (QED) is 0.614. The standard InChI is InChI=1S/C20H23NO4/c1-4-23-20(22)12-16-13-25-19-11-14-5-6-17(24-8-7-21(2)3)9-15(14)10-18(16)19/h5-6,9-11,13H,4,7-8,12H2,1-3H3. The molecule has 0 aliphatic heterocycles. The first-order valence-electron chi connectivity index (χ1n) is 8.44. The number of nitrogens with zero attached hydrogens (tertiary/aromatic N) is 1. The number of benzene rings is 2. The van der Waals surface area contributed by atoms with E-state index in [2.05, 4.69) is 4.90 Å². The Balaban J connectivity index is 1.88. The lowest BCUT2D eigenvalue weighted by Crippen LogP contribution is -2.19. The molecule has 132 valence electrons. The molecule has 1 heterocycles. The number of rotatable bonds is 7. The molecule has 0 amide bonds. The number of furan rings is 1. The third-order valence-corrected chi connectivity index (χ3v) is 4.03. The van der Waals surface area contributed by atoms with Gasteiger partial charge >= 0.3 is 5.97 Å². The third-order valence-electron chi connectivity index (χ3n) is 4.03. The van der Waals surface area contributed by atoms with Crippen LogP contribution in [0.2, 0.25) is 0 Å². The van der Waals surface area contributed by atoms with Crippen molar-refractivity contribution in [3.05, 3.63) is 42.2 Å². The number of carbonyl (C=O) groups is 1. The van der Waals surface area contributed by atoms with E-state index in [-0.39, 0.29) is 12.4 Å². The van der Waals surface area contributed by atoms with Gasteiger partial charge in [-0.15, -0.1) is 0 Å². The maximum atomic E-state index is 11.8. The van der Waals surface area contributed by atoms with E-state index >= 15 is 0 Å². The van der Waals surface area contributed by atoms with Crippen LogP contribution in [0.4, 0.5) is 0 Å². The molecular formula is C20H23NO4. The van der Waals surface area contributed by atoms with Crippen molar-refractivity contribution in [3.8, 4) is 5.75 Å².